The Bertz CT molecular complexity index is 227. The van der Waals surface area contributed by atoms with Crippen molar-refractivity contribution in [3.05, 3.63) is 24.5 Å². The highest BCUT2D eigenvalue weighted by Crippen LogP contribution is 2.18. The SMILES string of the molecule is CC[N+](C)(CC)c1ccncc1. The fraction of sp³-hybridized carbons (Fsp3) is 0.500. The van der Waals surface area contributed by atoms with Crippen LogP contribution in [-0.2, 0) is 0 Å². The van der Waals surface area contributed by atoms with Crippen LogP contribution in [0.3, 0.4) is 0 Å². The molecular formula is C10H17N2+. The Morgan fingerprint density at radius 3 is 2.08 bits per heavy atom. The minimum atomic E-state index is 0.989. The highest BCUT2D eigenvalue weighted by atomic mass is 15.3. The van der Waals surface area contributed by atoms with Crippen LogP contribution in [0, 0.1) is 0 Å². The summed E-state index contributed by atoms with van der Waals surface area (Å²) < 4.78 is 0.989. The molecule has 1 aromatic heterocycles. The zero-order valence-electron chi connectivity index (χ0n) is 8.12. The van der Waals surface area contributed by atoms with E-state index in [2.05, 4.69) is 38.0 Å². The van der Waals surface area contributed by atoms with Gasteiger partial charge in [-0.15, -0.1) is 0 Å². The van der Waals surface area contributed by atoms with E-state index in [0.717, 1.165) is 17.6 Å². The summed E-state index contributed by atoms with van der Waals surface area (Å²) in [7, 11) is 2.25. The molecule has 1 aromatic rings. The van der Waals surface area contributed by atoms with Crippen molar-refractivity contribution in [1.29, 1.82) is 0 Å². The zero-order chi connectivity index (χ0) is 9.03. The third-order valence-corrected chi connectivity index (χ3v) is 2.68. The molecule has 0 N–H and O–H groups in total. The van der Waals surface area contributed by atoms with Gasteiger partial charge in [0.05, 0.1) is 20.1 Å². The van der Waals surface area contributed by atoms with Crippen molar-refractivity contribution in [2.45, 2.75) is 13.8 Å². The van der Waals surface area contributed by atoms with Gasteiger partial charge in [-0.2, -0.15) is 0 Å². The summed E-state index contributed by atoms with van der Waals surface area (Å²) in [5.74, 6) is 0. The summed E-state index contributed by atoms with van der Waals surface area (Å²) in [6, 6.07) is 4.18. The lowest BCUT2D eigenvalue weighted by Crippen LogP contribution is -2.44. The maximum absolute atomic E-state index is 4.02. The Kier molecular flexibility index (Phi) is 2.82. The smallest absolute Gasteiger partial charge is 0.135 e. The van der Waals surface area contributed by atoms with Gasteiger partial charge in [0.1, 0.15) is 5.69 Å². The van der Waals surface area contributed by atoms with Crippen LogP contribution in [-0.4, -0.2) is 25.1 Å². The van der Waals surface area contributed by atoms with Crippen LogP contribution >= 0.6 is 0 Å². The molecule has 12 heavy (non-hydrogen) atoms. The molecule has 1 rings (SSSR count). The molecule has 2 nitrogen and oxygen atoms in total. The second-order valence-electron chi connectivity index (χ2n) is 3.23. The minimum Gasteiger partial charge on any atom is -0.294 e. The molecule has 0 saturated carbocycles. The van der Waals surface area contributed by atoms with E-state index < -0.39 is 0 Å². The Labute approximate surface area is 74.4 Å². The molecule has 0 fully saturated rings. The number of aromatic nitrogens is 1. The van der Waals surface area contributed by atoms with Crippen LogP contribution in [0.5, 0.6) is 0 Å². The van der Waals surface area contributed by atoms with E-state index in [1.54, 1.807) is 0 Å². The molecule has 0 aliphatic rings. The third kappa shape index (κ3) is 1.64. The van der Waals surface area contributed by atoms with Gasteiger partial charge in [-0.3, -0.25) is 9.47 Å². The summed E-state index contributed by atoms with van der Waals surface area (Å²) in [5.41, 5.74) is 1.34. The largest absolute Gasteiger partial charge is 0.294 e. The van der Waals surface area contributed by atoms with Crippen LogP contribution in [0.15, 0.2) is 24.5 Å². The number of rotatable bonds is 3. The van der Waals surface area contributed by atoms with E-state index in [1.807, 2.05) is 12.4 Å². The molecule has 0 bridgehead atoms. The Hall–Kier alpha value is -0.890. The summed E-state index contributed by atoms with van der Waals surface area (Å²) in [4.78, 5) is 4.02. The second-order valence-corrected chi connectivity index (χ2v) is 3.23. The van der Waals surface area contributed by atoms with Crippen molar-refractivity contribution in [3.8, 4) is 0 Å². The van der Waals surface area contributed by atoms with Crippen molar-refractivity contribution in [2.24, 2.45) is 0 Å². The molecule has 0 aliphatic carbocycles. The van der Waals surface area contributed by atoms with Crippen molar-refractivity contribution in [3.63, 3.8) is 0 Å². The van der Waals surface area contributed by atoms with Gasteiger partial charge in [-0.1, -0.05) is 0 Å². The first-order chi connectivity index (χ1) is 5.73. The maximum Gasteiger partial charge on any atom is 0.135 e. The van der Waals surface area contributed by atoms with Gasteiger partial charge in [0.2, 0.25) is 0 Å². The number of quaternary nitrogens is 1. The topological polar surface area (TPSA) is 12.9 Å². The zero-order valence-corrected chi connectivity index (χ0v) is 8.12. The Morgan fingerprint density at radius 2 is 1.67 bits per heavy atom. The highest BCUT2D eigenvalue weighted by molar-refractivity contribution is 5.39. The van der Waals surface area contributed by atoms with E-state index in [-0.39, 0.29) is 0 Å². The van der Waals surface area contributed by atoms with Crippen LogP contribution in [0.2, 0.25) is 0 Å². The van der Waals surface area contributed by atoms with Gasteiger partial charge in [-0.25, -0.2) is 0 Å². The Morgan fingerprint density at radius 1 is 1.17 bits per heavy atom. The van der Waals surface area contributed by atoms with Crippen LogP contribution in [0.4, 0.5) is 5.69 Å². The fourth-order valence-corrected chi connectivity index (χ4v) is 1.29. The van der Waals surface area contributed by atoms with Gasteiger partial charge in [0.15, 0.2) is 0 Å². The van der Waals surface area contributed by atoms with Gasteiger partial charge >= 0.3 is 0 Å². The summed E-state index contributed by atoms with van der Waals surface area (Å²) in [5, 5.41) is 0. The molecule has 0 aromatic carbocycles. The minimum absolute atomic E-state index is 0.989. The van der Waals surface area contributed by atoms with E-state index in [4.69, 9.17) is 0 Å². The standard InChI is InChI=1S/C10H17N2/c1-4-12(3,5-2)10-6-8-11-9-7-10/h6-9H,4-5H2,1-3H3/q+1. The van der Waals surface area contributed by atoms with Crippen molar-refractivity contribution in [2.75, 3.05) is 20.1 Å². The molecule has 0 unspecified atom stereocenters. The highest BCUT2D eigenvalue weighted by Gasteiger charge is 2.18. The van der Waals surface area contributed by atoms with Crippen LogP contribution in [0.1, 0.15) is 13.8 Å². The predicted octanol–water partition coefficient (Wildman–Crippen LogP) is 2.06. The lowest BCUT2D eigenvalue weighted by atomic mass is 10.3. The van der Waals surface area contributed by atoms with Crippen LogP contribution in [0.25, 0.3) is 0 Å². The van der Waals surface area contributed by atoms with Crippen molar-refractivity contribution >= 4 is 5.69 Å². The van der Waals surface area contributed by atoms with Crippen molar-refractivity contribution in [1.82, 2.24) is 9.47 Å². The van der Waals surface area contributed by atoms with Gasteiger partial charge in [0.25, 0.3) is 0 Å². The summed E-state index contributed by atoms with van der Waals surface area (Å²) in [6.07, 6.45) is 3.72. The monoisotopic (exact) mass is 165 g/mol. The Balaban J connectivity index is 2.95. The third-order valence-electron chi connectivity index (χ3n) is 2.68. The quantitative estimate of drug-likeness (QED) is 0.625. The number of nitrogens with zero attached hydrogens (tertiary/aromatic N) is 2. The number of hydrogen-bond donors (Lipinski definition) is 0. The van der Waals surface area contributed by atoms with Crippen molar-refractivity contribution < 1.29 is 0 Å². The lowest BCUT2D eigenvalue weighted by Gasteiger charge is -2.31. The molecule has 0 amide bonds. The van der Waals surface area contributed by atoms with E-state index in [9.17, 15) is 0 Å². The average molecular weight is 165 g/mol. The molecule has 2 heteroatoms. The normalized spacial score (nSPS) is 11.6. The van der Waals surface area contributed by atoms with E-state index >= 15 is 0 Å². The summed E-state index contributed by atoms with van der Waals surface area (Å²) >= 11 is 0. The van der Waals surface area contributed by atoms with E-state index in [1.165, 1.54) is 5.69 Å². The molecule has 66 valence electrons. The molecule has 0 aliphatic heterocycles. The molecule has 1 heterocycles. The second kappa shape index (κ2) is 3.68. The van der Waals surface area contributed by atoms with Crippen LogP contribution < -0.4 is 4.48 Å². The van der Waals surface area contributed by atoms with Gasteiger partial charge in [0, 0.05) is 24.5 Å². The van der Waals surface area contributed by atoms with Gasteiger partial charge in [-0.05, 0) is 13.8 Å². The first-order valence-corrected chi connectivity index (χ1v) is 4.48. The first kappa shape index (κ1) is 9.20. The first-order valence-electron chi connectivity index (χ1n) is 4.48. The summed E-state index contributed by atoms with van der Waals surface area (Å²) in [6.45, 7) is 6.68. The molecule has 0 radical (unpaired) electrons. The average Bonchev–Trinajstić information content (AvgIpc) is 2.18. The molecular weight excluding hydrogens is 148 g/mol. The molecule has 0 atom stereocenters. The maximum atomic E-state index is 4.02. The number of hydrogen-bond acceptors (Lipinski definition) is 1. The van der Waals surface area contributed by atoms with E-state index in [0.29, 0.717) is 0 Å². The lowest BCUT2D eigenvalue weighted by molar-refractivity contribution is 0.365. The van der Waals surface area contributed by atoms with Gasteiger partial charge < -0.3 is 0 Å². The number of pyridine rings is 1. The fourth-order valence-electron chi connectivity index (χ4n) is 1.29. The predicted molar refractivity (Wildman–Crippen MR) is 53.0 cm³/mol. The molecule has 0 spiro atoms. The molecule has 0 saturated heterocycles.